The number of fused-ring (bicyclic) bond motifs is 1. The standard InChI is InChI=1S/C23H24ClN3O4/c24-16-6-7-18-15(9-16)10-19(26-18)23(31)25-17(8-14-4-2-1-3-5-14)11-22(30)27-12-20(28)21(29)13-27/h1-7,9-10,17,20-21,26,28-29H,8,11-13H2,(H,25,31)/t17-,20-,21+/m0/s1. The lowest BCUT2D eigenvalue weighted by atomic mass is 10.0. The topological polar surface area (TPSA) is 106 Å². The molecule has 4 N–H and O–H groups in total. The van der Waals surface area contributed by atoms with E-state index in [0.29, 0.717) is 17.1 Å². The van der Waals surface area contributed by atoms with Gasteiger partial charge in [-0.2, -0.15) is 0 Å². The summed E-state index contributed by atoms with van der Waals surface area (Å²) >= 11 is 6.03. The molecule has 8 heteroatoms. The number of aromatic nitrogens is 1. The number of halogens is 1. The zero-order chi connectivity index (χ0) is 22.0. The number of benzene rings is 2. The van der Waals surface area contributed by atoms with E-state index in [0.717, 1.165) is 16.5 Å². The van der Waals surface area contributed by atoms with E-state index >= 15 is 0 Å². The fourth-order valence-corrected chi connectivity index (χ4v) is 4.06. The Kier molecular flexibility index (Phi) is 6.27. The van der Waals surface area contributed by atoms with Gasteiger partial charge in [0.2, 0.25) is 5.91 Å². The molecular weight excluding hydrogens is 418 g/mol. The van der Waals surface area contributed by atoms with E-state index in [4.69, 9.17) is 11.6 Å². The second kappa shape index (κ2) is 9.09. The highest BCUT2D eigenvalue weighted by atomic mass is 35.5. The van der Waals surface area contributed by atoms with Crippen molar-refractivity contribution >= 4 is 34.3 Å². The van der Waals surface area contributed by atoms with Gasteiger partial charge in [0.1, 0.15) is 5.69 Å². The van der Waals surface area contributed by atoms with Gasteiger partial charge in [-0.05, 0) is 36.2 Å². The molecule has 2 amide bonds. The van der Waals surface area contributed by atoms with E-state index in [2.05, 4.69) is 10.3 Å². The number of hydrogen-bond donors (Lipinski definition) is 4. The number of H-pyrrole nitrogens is 1. The second-order valence-electron chi connectivity index (χ2n) is 7.91. The molecule has 1 aliphatic heterocycles. The van der Waals surface area contributed by atoms with Crippen molar-refractivity contribution in [2.75, 3.05) is 13.1 Å². The Hall–Kier alpha value is -2.87. The van der Waals surface area contributed by atoms with Crippen molar-refractivity contribution in [1.29, 1.82) is 0 Å². The van der Waals surface area contributed by atoms with Gasteiger partial charge in [0.25, 0.3) is 5.91 Å². The Balaban J connectivity index is 1.50. The highest BCUT2D eigenvalue weighted by Crippen LogP contribution is 2.20. The lowest BCUT2D eigenvalue weighted by molar-refractivity contribution is -0.131. The Morgan fingerprint density at radius 2 is 1.81 bits per heavy atom. The van der Waals surface area contributed by atoms with Crippen molar-refractivity contribution in [3.8, 4) is 0 Å². The fraction of sp³-hybridized carbons (Fsp3) is 0.304. The lowest BCUT2D eigenvalue weighted by Gasteiger charge is -2.22. The summed E-state index contributed by atoms with van der Waals surface area (Å²) in [6, 6.07) is 16.2. The number of aliphatic hydroxyl groups excluding tert-OH is 2. The van der Waals surface area contributed by atoms with Gasteiger partial charge in [0.05, 0.1) is 12.2 Å². The summed E-state index contributed by atoms with van der Waals surface area (Å²) < 4.78 is 0. The number of nitrogens with one attached hydrogen (secondary N) is 2. The summed E-state index contributed by atoms with van der Waals surface area (Å²) in [7, 11) is 0. The average Bonchev–Trinajstić information content (AvgIpc) is 3.31. The monoisotopic (exact) mass is 441 g/mol. The molecule has 1 saturated heterocycles. The number of hydrogen-bond acceptors (Lipinski definition) is 4. The maximum Gasteiger partial charge on any atom is 0.267 e. The Morgan fingerprint density at radius 1 is 1.10 bits per heavy atom. The third kappa shape index (κ3) is 5.07. The van der Waals surface area contributed by atoms with Crippen LogP contribution in [0.5, 0.6) is 0 Å². The minimum absolute atomic E-state index is 0.0616. The van der Waals surface area contributed by atoms with Crippen LogP contribution in [-0.4, -0.2) is 63.3 Å². The van der Waals surface area contributed by atoms with Crippen molar-refractivity contribution in [3.05, 3.63) is 70.9 Å². The molecule has 0 unspecified atom stereocenters. The van der Waals surface area contributed by atoms with E-state index in [9.17, 15) is 19.8 Å². The number of likely N-dealkylation sites (tertiary alicyclic amines) is 1. The molecule has 3 atom stereocenters. The zero-order valence-electron chi connectivity index (χ0n) is 16.8. The molecule has 1 fully saturated rings. The predicted octanol–water partition coefficient (Wildman–Crippen LogP) is 2.12. The molecule has 0 radical (unpaired) electrons. The summed E-state index contributed by atoms with van der Waals surface area (Å²) in [4.78, 5) is 30.2. The van der Waals surface area contributed by atoms with Crippen LogP contribution in [0.3, 0.4) is 0 Å². The summed E-state index contributed by atoms with van der Waals surface area (Å²) in [5.41, 5.74) is 2.17. The van der Waals surface area contributed by atoms with Crippen molar-refractivity contribution in [1.82, 2.24) is 15.2 Å². The Labute approximate surface area is 184 Å². The van der Waals surface area contributed by atoms with Crippen LogP contribution in [0.25, 0.3) is 10.9 Å². The third-order valence-corrected chi connectivity index (χ3v) is 5.76. The fourth-order valence-electron chi connectivity index (χ4n) is 3.87. The van der Waals surface area contributed by atoms with Gasteiger partial charge in [-0.1, -0.05) is 41.9 Å². The van der Waals surface area contributed by atoms with E-state index in [1.165, 1.54) is 4.90 Å². The normalized spacial score (nSPS) is 19.5. The molecule has 1 aliphatic rings. The first kappa shape index (κ1) is 21.4. The van der Waals surface area contributed by atoms with Gasteiger partial charge in [-0.25, -0.2) is 0 Å². The van der Waals surface area contributed by atoms with Crippen molar-refractivity contribution in [2.45, 2.75) is 31.1 Å². The van der Waals surface area contributed by atoms with Crippen LogP contribution in [0.15, 0.2) is 54.6 Å². The first-order valence-corrected chi connectivity index (χ1v) is 10.5. The first-order valence-electron chi connectivity index (χ1n) is 10.2. The number of rotatable bonds is 6. The first-order chi connectivity index (χ1) is 14.9. The van der Waals surface area contributed by atoms with Crippen LogP contribution >= 0.6 is 11.6 Å². The highest BCUT2D eigenvalue weighted by molar-refractivity contribution is 6.31. The highest BCUT2D eigenvalue weighted by Gasteiger charge is 2.33. The number of carbonyl (C=O) groups is 2. The molecule has 0 spiro atoms. The van der Waals surface area contributed by atoms with Crippen LogP contribution in [0.1, 0.15) is 22.5 Å². The molecule has 162 valence electrons. The van der Waals surface area contributed by atoms with E-state index in [1.54, 1.807) is 18.2 Å². The van der Waals surface area contributed by atoms with E-state index < -0.39 is 18.2 Å². The Bertz CT molecular complexity index is 1070. The molecule has 7 nitrogen and oxygen atoms in total. The quantitative estimate of drug-likeness (QED) is 0.470. The van der Waals surface area contributed by atoms with Gasteiger partial charge in [-0.3, -0.25) is 9.59 Å². The number of amides is 2. The maximum absolute atomic E-state index is 12.9. The van der Waals surface area contributed by atoms with Crippen molar-refractivity contribution < 1.29 is 19.8 Å². The Morgan fingerprint density at radius 3 is 2.52 bits per heavy atom. The second-order valence-corrected chi connectivity index (χ2v) is 8.35. The van der Waals surface area contributed by atoms with Gasteiger partial charge in [0, 0.05) is 41.5 Å². The molecule has 0 aliphatic carbocycles. The third-order valence-electron chi connectivity index (χ3n) is 5.52. The molecule has 31 heavy (non-hydrogen) atoms. The van der Waals surface area contributed by atoms with Crippen LogP contribution in [-0.2, 0) is 11.2 Å². The van der Waals surface area contributed by atoms with Gasteiger partial charge >= 0.3 is 0 Å². The van der Waals surface area contributed by atoms with Crippen molar-refractivity contribution in [2.24, 2.45) is 0 Å². The van der Waals surface area contributed by atoms with Crippen LogP contribution in [0, 0.1) is 0 Å². The molecular formula is C23H24ClN3O4. The van der Waals surface area contributed by atoms with E-state index in [1.807, 2.05) is 36.4 Å². The van der Waals surface area contributed by atoms with Gasteiger partial charge in [-0.15, -0.1) is 0 Å². The molecule has 0 bridgehead atoms. The predicted molar refractivity (Wildman–Crippen MR) is 118 cm³/mol. The molecule has 1 aromatic heterocycles. The number of nitrogens with zero attached hydrogens (tertiary/aromatic N) is 1. The summed E-state index contributed by atoms with van der Waals surface area (Å²) in [5.74, 6) is -0.539. The molecule has 0 saturated carbocycles. The lowest BCUT2D eigenvalue weighted by Crippen LogP contribution is -2.41. The average molecular weight is 442 g/mol. The minimum Gasteiger partial charge on any atom is -0.388 e. The van der Waals surface area contributed by atoms with Crippen molar-refractivity contribution in [3.63, 3.8) is 0 Å². The molecule has 2 aromatic carbocycles. The minimum atomic E-state index is -0.940. The zero-order valence-corrected chi connectivity index (χ0v) is 17.5. The number of aliphatic hydroxyl groups is 2. The van der Waals surface area contributed by atoms with Gasteiger partial charge in [0.15, 0.2) is 0 Å². The van der Waals surface area contributed by atoms with Crippen LogP contribution < -0.4 is 5.32 Å². The molecule has 4 rings (SSSR count). The number of β-amino-alcohol motifs (C(OH)–C–C–N with tert-alkyl or cyclic N) is 2. The SMILES string of the molecule is O=C(N[C@H](CC(=O)N1C[C@@H](O)[C@@H](O)C1)Cc1ccccc1)c1cc2cc(Cl)ccc2[nH]1. The van der Waals surface area contributed by atoms with Crippen LogP contribution in [0.2, 0.25) is 5.02 Å². The smallest absolute Gasteiger partial charge is 0.267 e. The maximum atomic E-state index is 12.9. The molecule has 2 heterocycles. The molecule has 3 aromatic rings. The summed E-state index contributed by atoms with van der Waals surface area (Å²) in [6.45, 7) is 0.184. The largest absolute Gasteiger partial charge is 0.388 e. The summed E-state index contributed by atoms with van der Waals surface area (Å²) in [5, 5.41) is 23.9. The van der Waals surface area contributed by atoms with Gasteiger partial charge < -0.3 is 25.4 Å². The van der Waals surface area contributed by atoms with E-state index in [-0.39, 0.29) is 31.3 Å². The van der Waals surface area contributed by atoms with Crippen LogP contribution in [0.4, 0.5) is 0 Å². The number of carbonyl (C=O) groups excluding carboxylic acids is 2. The number of aromatic amines is 1. The summed E-state index contributed by atoms with van der Waals surface area (Å²) in [6.07, 6.45) is -1.34.